The Labute approximate surface area is 90.6 Å². The molecule has 0 saturated carbocycles. The lowest BCUT2D eigenvalue weighted by Crippen LogP contribution is -2.42. The van der Waals surface area contributed by atoms with Crippen LogP contribution in [0.1, 0.15) is 27.2 Å². The third kappa shape index (κ3) is 4.11. The molecule has 0 aromatic rings. The van der Waals surface area contributed by atoms with Crippen molar-refractivity contribution in [2.24, 2.45) is 0 Å². The number of thiol groups is 1. The molecule has 0 radical (unpaired) electrons. The van der Waals surface area contributed by atoms with Crippen LogP contribution in [0, 0.1) is 0 Å². The predicted octanol–water partition coefficient (Wildman–Crippen LogP) is 0.637. The maximum Gasteiger partial charge on any atom is 0.231 e. The van der Waals surface area contributed by atoms with Crippen LogP contribution in [-0.4, -0.2) is 35.7 Å². The summed E-state index contributed by atoms with van der Waals surface area (Å²) in [6.07, 6.45) is 0.181. The van der Waals surface area contributed by atoms with Crippen molar-refractivity contribution in [3.8, 4) is 0 Å². The fraction of sp³-hybridized carbons (Fsp3) is 0.778. The van der Waals surface area contributed by atoms with E-state index in [2.05, 4.69) is 17.5 Å². The number of ketones is 1. The van der Waals surface area contributed by atoms with Crippen molar-refractivity contribution in [2.75, 3.05) is 13.1 Å². The minimum absolute atomic E-state index is 0.0191. The highest BCUT2D eigenvalue weighted by Crippen LogP contribution is 2.05. The van der Waals surface area contributed by atoms with Crippen LogP contribution in [0.4, 0.5) is 0 Å². The molecule has 0 bridgehead atoms. The van der Waals surface area contributed by atoms with Gasteiger partial charge in [-0.25, -0.2) is 0 Å². The molecule has 0 aromatic carbocycles. The first-order valence-corrected chi connectivity index (χ1v) is 5.18. The fourth-order valence-electron chi connectivity index (χ4n) is 1.42. The van der Waals surface area contributed by atoms with Gasteiger partial charge in [0.05, 0.1) is 12.5 Å². The molecular formula is C9H18N2O2S. The molecule has 0 fully saturated rings. The van der Waals surface area contributed by atoms with Gasteiger partial charge in [-0.3, -0.25) is 14.5 Å². The van der Waals surface area contributed by atoms with E-state index in [4.69, 9.17) is 0 Å². The fourth-order valence-corrected chi connectivity index (χ4v) is 1.51. The van der Waals surface area contributed by atoms with Gasteiger partial charge in [0.2, 0.25) is 5.91 Å². The Morgan fingerprint density at radius 1 is 1.36 bits per heavy atom. The van der Waals surface area contributed by atoms with Gasteiger partial charge in [0.25, 0.3) is 0 Å². The van der Waals surface area contributed by atoms with Gasteiger partial charge in [0.15, 0.2) is 0 Å². The first kappa shape index (κ1) is 13.4. The average molecular weight is 218 g/mol. The van der Waals surface area contributed by atoms with E-state index in [-0.39, 0.29) is 24.2 Å². The molecule has 0 spiro atoms. The molecule has 0 unspecified atom stereocenters. The van der Waals surface area contributed by atoms with E-state index in [0.717, 1.165) is 13.1 Å². The van der Waals surface area contributed by atoms with Crippen molar-refractivity contribution in [1.29, 1.82) is 0 Å². The van der Waals surface area contributed by atoms with Crippen LogP contribution in [0.2, 0.25) is 0 Å². The van der Waals surface area contributed by atoms with Gasteiger partial charge in [-0.1, -0.05) is 26.7 Å². The molecule has 1 amide bonds. The molecule has 0 aromatic heterocycles. The zero-order valence-electron chi connectivity index (χ0n) is 8.91. The largest absolute Gasteiger partial charge is 0.303 e. The second-order valence-electron chi connectivity index (χ2n) is 3.09. The van der Waals surface area contributed by atoms with Crippen LogP contribution >= 0.6 is 12.8 Å². The van der Waals surface area contributed by atoms with Crippen molar-refractivity contribution in [3.05, 3.63) is 0 Å². The summed E-state index contributed by atoms with van der Waals surface area (Å²) >= 11 is 3.66. The zero-order chi connectivity index (χ0) is 11.1. The van der Waals surface area contributed by atoms with Crippen LogP contribution in [0.3, 0.4) is 0 Å². The van der Waals surface area contributed by atoms with Crippen LogP contribution in [0.25, 0.3) is 0 Å². The summed E-state index contributed by atoms with van der Waals surface area (Å²) in [5, 5.41) is 0. The van der Waals surface area contributed by atoms with E-state index in [9.17, 15) is 9.59 Å². The van der Waals surface area contributed by atoms with E-state index in [1.165, 1.54) is 6.92 Å². The zero-order valence-corrected chi connectivity index (χ0v) is 9.80. The predicted molar refractivity (Wildman–Crippen MR) is 59.1 cm³/mol. The minimum Gasteiger partial charge on any atom is -0.303 e. The number of hydrogen-bond acceptors (Lipinski definition) is 4. The summed E-state index contributed by atoms with van der Waals surface area (Å²) in [5.41, 5.74) is 0. The lowest BCUT2D eigenvalue weighted by Gasteiger charge is -2.26. The van der Waals surface area contributed by atoms with Gasteiger partial charge in [-0.2, -0.15) is 0 Å². The van der Waals surface area contributed by atoms with Gasteiger partial charge in [0, 0.05) is 0 Å². The standard InChI is InChI=1S/C9H18N2O2S/c1-4-11(5-2)8(7(3)12)6-9(13)10-14/h8,14H,4-6H2,1-3H3,(H,10,13)/t8-/m1/s1. The summed E-state index contributed by atoms with van der Waals surface area (Å²) in [5.74, 6) is -0.203. The van der Waals surface area contributed by atoms with Crippen LogP contribution in [0.5, 0.6) is 0 Å². The number of rotatable bonds is 6. The third-order valence-electron chi connectivity index (χ3n) is 2.23. The summed E-state index contributed by atoms with van der Waals surface area (Å²) < 4.78 is 2.23. The number of hydrogen-bond donors (Lipinski definition) is 2. The van der Waals surface area contributed by atoms with Gasteiger partial charge in [0.1, 0.15) is 5.78 Å². The minimum atomic E-state index is -0.322. The number of Topliss-reactive ketones (excluding diaryl/α,β-unsaturated/α-hetero) is 1. The van der Waals surface area contributed by atoms with Crippen molar-refractivity contribution in [3.63, 3.8) is 0 Å². The SMILES string of the molecule is CCN(CC)[C@H](CC(=O)NS)C(C)=O. The van der Waals surface area contributed by atoms with Gasteiger partial charge in [-0.15, -0.1) is 0 Å². The molecule has 0 saturated heterocycles. The van der Waals surface area contributed by atoms with E-state index < -0.39 is 0 Å². The lowest BCUT2D eigenvalue weighted by atomic mass is 10.1. The maximum absolute atomic E-state index is 11.3. The van der Waals surface area contributed by atoms with Gasteiger partial charge in [-0.05, 0) is 20.0 Å². The molecule has 1 atom stereocenters. The highest BCUT2D eigenvalue weighted by molar-refractivity contribution is 7.78. The number of carbonyl (C=O) groups is 2. The lowest BCUT2D eigenvalue weighted by molar-refractivity contribution is -0.128. The quantitative estimate of drug-likeness (QED) is 0.643. The first-order valence-electron chi connectivity index (χ1n) is 4.74. The maximum atomic E-state index is 11.3. The smallest absolute Gasteiger partial charge is 0.231 e. The number of nitrogens with one attached hydrogen (secondary N) is 1. The van der Waals surface area contributed by atoms with Crippen molar-refractivity contribution in [2.45, 2.75) is 33.2 Å². The Bertz CT molecular complexity index is 205. The monoisotopic (exact) mass is 218 g/mol. The Balaban J connectivity index is 4.42. The second-order valence-corrected chi connectivity index (χ2v) is 3.31. The van der Waals surface area contributed by atoms with Crippen LogP contribution in [-0.2, 0) is 9.59 Å². The molecule has 1 N–H and O–H groups in total. The Morgan fingerprint density at radius 3 is 2.14 bits per heavy atom. The Hall–Kier alpha value is -0.550. The molecular weight excluding hydrogens is 200 g/mol. The van der Waals surface area contributed by atoms with Gasteiger partial charge >= 0.3 is 0 Å². The van der Waals surface area contributed by atoms with E-state index in [1.54, 1.807) is 0 Å². The molecule has 4 nitrogen and oxygen atoms in total. The Kier molecular flexibility index (Phi) is 6.57. The van der Waals surface area contributed by atoms with Crippen molar-refractivity contribution < 1.29 is 9.59 Å². The first-order chi connectivity index (χ1) is 6.56. The normalized spacial score (nSPS) is 12.6. The molecule has 0 aliphatic carbocycles. The number of carbonyl (C=O) groups excluding carboxylic acids is 2. The topological polar surface area (TPSA) is 49.4 Å². The molecule has 0 rings (SSSR count). The van der Waals surface area contributed by atoms with Crippen LogP contribution < -0.4 is 4.72 Å². The molecule has 0 heterocycles. The molecule has 5 heteroatoms. The third-order valence-corrected chi connectivity index (χ3v) is 2.48. The highest BCUT2D eigenvalue weighted by atomic mass is 32.1. The van der Waals surface area contributed by atoms with Gasteiger partial charge < -0.3 is 4.72 Å². The van der Waals surface area contributed by atoms with Crippen LogP contribution in [0.15, 0.2) is 0 Å². The molecule has 82 valence electrons. The summed E-state index contributed by atoms with van der Waals surface area (Å²) in [7, 11) is 0. The molecule has 14 heavy (non-hydrogen) atoms. The number of amides is 1. The van der Waals surface area contributed by atoms with Crippen molar-refractivity contribution >= 4 is 24.5 Å². The van der Waals surface area contributed by atoms with E-state index >= 15 is 0 Å². The second kappa shape index (κ2) is 6.84. The van der Waals surface area contributed by atoms with Crippen molar-refractivity contribution in [1.82, 2.24) is 9.62 Å². The highest BCUT2D eigenvalue weighted by Gasteiger charge is 2.22. The van der Waals surface area contributed by atoms with E-state index in [1.807, 2.05) is 18.7 Å². The average Bonchev–Trinajstić information content (AvgIpc) is 2.17. The molecule has 0 aliphatic heterocycles. The number of likely N-dealkylation sites (N-methyl/N-ethyl adjacent to an activating group) is 1. The summed E-state index contributed by atoms with van der Waals surface area (Å²) in [6, 6.07) is -0.322. The number of nitrogens with zero attached hydrogens (tertiary/aromatic N) is 1. The van der Waals surface area contributed by atoms with E-state index in [0.29, 0.717) is 0 Å². The molecule has 0 aliphatic rings. The Morgan fingerprint density at radius 2 is 1.86 bits per heavy atom. The summed E-state index contributed by atoms with van der Waals surface area (Å²) in [6.45, 7) is 6.98. The summed E-state index contributed by atoms with van der Waals surface area (Å²) in [4.78, 5) is 24.4.